The van der Waals surface area contributed by atoms with Gasteiger partial charge in [-0.25, -0.2) is 0 Å². The van der Waals surface area contributed by atoms with Gasteiger partial charge in [-0.1, -0.05) is 0 Å². The highest BCUT2D eigenvalue weighted by Crippen LogP contribution is 2.18. The van der Waals surface area contributed by atoms with Crippen LogP contribution in [0.3, 0.4) is 0 Å². The minimum Gasteiger partial charge on any atom is -0.370 e. The van der Waals surface area contributed by atoms with E-state index in [1.807, 2.05) is 12.3 Å². The molecule has 2 heterocycles. The molecule has 13 heavy (non-hydrogen) atoms. The lowest BCUT2D eigenvalue weighted by molar-refractivity contribution is 0.941. The quantitative estimate of drug-likeness (QED) is 0.736. The Bertz CT molecular complexity index is 262. The van der Waals surface area contributed by atoms with Crippen LogP contribution in [0.5, 0.6) is 0 Å². The van der Waals surface area contributed by atoms with Gasteiger partial charge in [0.2, 0.25) is 0 Å². The van der Waals surface area contributed by atoms with E-state index in [1.54, 1.807) is 0 Å². The lowest BCUT2D eigenvalue weighted by Crippen LogP contribution is -2.17. The van der Waals surface area contributed by atoms with Crippen LogP contribution in [-0.4, -0.2) is 18.1 Å². The van der Waals surface area contributed by atoms with E-state index in [0.717, 1.165) is 5.69 Å². The van der Waals surface area contributed by atoms with Gasteiger partial charge in [0.05, 0.1) is 17.6 Å². The van der Waals surface area contributed by atoms with E-state index in [4.69, 9.17) is 5.73 Å². The number of pyridine rings is 1. The van der Waals surface area contributed by atoms with E-state index in [9.17, 15) is 0 Å². The molecular weight excluding hydrogens is 162 g/mol. The van der Waals surface area contributed by atoms with Crippen molar-refractivity contribution in [1.82, 2.24) is 4.98 Å². The number of anilines is 1. The zero-order chi connectivity index (χ0) is 9.10. The van der Waals surface area contributed by atoms with Crippen LogP contribution in [0, 0.1) is 0 Å². The Balaban J connectivity index is 2.12. The van der Waals surface area contributed by atoms with Crippen molar-refractivity contribution in [2.45, 2.75) is 19.4 Å². The molecule has 3 heteroatoms. The van der Waals surface area contributed by atoms with Crippen molar-refractivity contribution < 1.29 is 0 Å². The zero-order valence-electron chi connectivity index (χ0n) is 7.74. The Morgan fingerprint density at radius 2 is 2.08 bits per heavy atom. The normalized spacial score (nSPS) is 16.5. The first kappa shape index (κ1) is 8.51. The van der Waals surface area contributed by atoms with Gasteiger partial charge >= 0.3 is 0 Å². The minimum atomic E-state index is 0.528. The third-order valence-electron chi connectivity index (χ3n) is 2.49. The first-order chi connectivity index (χ1) is 6.40. The fraction of sp³-hybridized carbons (Fsp3) is 0.500. The molecule has 70 valence electrons. The Morgan fingerprint density at radius 3 is 2.62 bits per heavy atom. The molecule has 1 saturated heterocycles. The fourth-order valence-electron chi connectivity index (χ4n) is 1.70. The van der Waals surface area contributed by atoms with Crippen LogP contribution < -0.4 is 10.6 Å². The summed E-state index contributed by atoms with van der Waals surface area (Å²) in [4.78, 5) is 6.64. The van der Waals surface area contributed by atoms with E-state index in [0.29, 0.717) is 6.54 Å². The molecule has 0 saturated carbocycles. The smallest absolute Gasteiger partial charge is 0.0552 e. The third-order valence-corrected chi connectivity index (χ3v) is 2.49. The van der Waals surface area contributed by atoms with E-state index in [2.05, 4.69) is 16.0 Å². The average molecular weight is 177 g/mol. The number of nitrogens with zero attached hydrogens (tertiary/aromatic N) is 2. The van der Waals surface area contributed by atoms with Gasteiger partial charge in [-0.2, -0.15) is 0 Å². The largest absolute Gasteiger partial charge is 0.370 e. The van der Waals surface area contributed by atoms with Gasteiger partial charge in [-0.3, -0.25) is 4.98 Å². The lowest BCUT2D eigenvalue weighted by Gasteiger charge is -2.16. The van der Waals surface area contributed by atoms with Crippen molar-refractivity contribution in [2.75, 3.05) is 18.0 Å². The van der Waals surface area contributed by atoms with Crippen molar-refractivity contribution in [3.8, 4) is 0 Å². The van der Waals surface area contributed by atoms with Crippen LogP contribution in [0.2, 0.25) is 0 Å². The molecule has 1 aromatic rings. The number of hydrogen-bond donors (Lipinski definition) is 1. The topological polar surface area (TPSA) is 42.1 Å². The molecule has 3 nitrogen and oxygen atoms in total. The summed E-state index contributed by atoms with van der Waals surface area (Å²) in [7, 11) is 0. The zero-order valence-corrected chi connectivity index (χ0v) is 7.74. The van der Waals surface area contributed by atoms with Crippen LogP contribution in [0.1, 0.15) is 18.5 Å². The lowest BCUT2D eigenvalue weighted by atomic mass is 10.3. The molecule has 0 unspecified atom stereocenters. The molecule has 0 bridgehead atoms. The number of rotatable bonds is 2. The summed E-state index contributed by atoms with van der Waals surface area (Å²) in [6, 6.07) is 4.12. The Hall–Kier alpha value is -1.09. The summed E-state index contributed by atoms with van der Waals surface area (Å²) in [5, 5.41) is 0. The molecule has 1 aliphatic rings. The average Bonchev–Trinajstić information content (AvgIpc) is 2.71. The van der Waals surface area contributed by atoms with E-state index in [-0.39, 0.29) is 0 Å². The molecule has 1 aromatic heterocycles. The van der Waals surface area contributed by atoms with Crippen molar-refractivity contribution in [2.24, 2.45) is 5.73 Å². The van der Waals surface area contributed by atoms with Crippen LogP contribution in [-0.2, 0) is 6.54 Å². The van der Waals surface area contributed by atoms with Gasteiger partial charge in [0, 0.05) is 19.6 Å². The molecule has 0 atom stereocenters. The maximum Gasteiger partial charge on any atom is 0.0552 e. The molecule has 0 radical (unpaired) electrons. The molecular formula is C10H15N3. The molecule has 1 aliphatic heterocycles. The Morgan fingerprint density at radius 1 is 1.31 bits per heavy atom. The second kappa shape index (κ2) is 3.75. The van der Waals surface area contributed by atoms with Crippen LogP contribution >= 0.6 is 0 Å². The van der Waals surface area contributed by atoms with Gasteiger partial charge < -0.3 is 10.6 Å². The fourth-order valence-corrected chi connectivity index (χ4v) is 1.70. The second-order valence-corrected chi connectivity index (χ2v) is 3.41. The van der Waals surface area contributed by atoms with E-state index < -0.39 is 0 Å². The van der Waals surface area contributed by atoms with Gasteiger partial charge in [0.25, 0.3) is 0 Å². The highest BCUT2D eigenvalue weighted by molar-refractivity contribution is 5.45. The second-order valence-electron chi connectivity index (χ2n) is 3.41. The Labute approximate surface area is 78.6 Å². The monoisotopic (exact) mass is 177 g/mol. The van der Waals surface area contributed by atoms with E-state index in [1.165, 1.54) is 31.6 Å². The molecule has 0 amide bonds. The maximum absolute atomic E-state index is 5.48. The summed E-state index contributed by atoms with van der Waals surface area (Å²) in [5.74, 6) is 0. The van der Waals surface area contributed by atoms with Crippen molar-refractivity contribution in [3.63, 3.8) is 0 Å². The van der Waals surface area contributed by atoms with Crippen LogP contribution in [0.25, 0.3) is 0 Å². The number of aromatic nitrogens is 1. The molecule has 0 aliphatic carbocycles. The SMILES string of the molecule is NCc1ccc(N2CCCC2)cn1. The summed E-state index contributed by atoms with van der Waals surface area (Å²) >= 11 is 0. The van der Waals surface area contributed by atoms with Crippen molar-refractivity contribution in [1.29, 1.82) is 0 Å². The first-order valence-electron chi connectivity index (χ1n) is 4.80. The van der Waals surface area contributed by atoms with Gasteiger partial charge in [-0.15, -0.1) is 0 Å². The maximum atomic E-state index is 5.48. The van der Waals surface area contributed by atoms with E-state index >= 15 is 0 Å². The van der Waals surface area contributed by atoms with Gasteiger partial charge in [0.1, 0.15) is 0 Å². The summed E-state index contributed by atoms with van der Waals surface area (Å²) < 4.78 is 0. The predicted octanol–water partition coefficient (Wildman–Crippen LogP) is 1.14. The van der Waals surface area contributed by atoms with Crippen LogP contribution in [0.4, 0.5) is 5.69 Å². The third kappa shape index (κ3) is 1.80. The number of hydrogen-bond acceptors (Lipinski definition) is 3. The molecule has 1 fully saturated rings. The first-order valence-corrected chi connectivity index (χ1v) is 4.80. The van der Waals surface area contributed by atoms with Crippen molar-refractivity contribution in [3.05, 3.63) is 24.0 Å². The highest BCUT2D eigenvalue weighted by atomic mass is 15.1. The summed E-state index contributed by atoms with van der Waals surface area (Å²) in [5.41, 5.74) is 7.67. The summed E-state index contributed by atoms with van der Waals surface area (Å²) in [6.07, 6.45) is 4.53. The van der Waals surface area contributed by atoms with Crippen LogP contribution in [0.15, 0.2) is 18.3 Å². The summed E-state index contributed by atoms with van der Waals surface area (Å²) in [6.45, 7) is 2.87. The molecule has 2 N–H and O–H groups in total. The standard InChI is InChI=1S/C10H15N3/c11-7-9-3-4-10(8-12-9)13-5-1-2-6-13/h3-4,8H,1-2,5-7,11H2. The Kier molecular flexibility index (Phi) is 2.45. The minimum absolute atomic E-state index is 0.528. The van der Waals surface area contributed by atoms with Gasteiger partial charge in [0.15, 0.2) is 0 Å². The molecule has 0 aromatic carbocycles. The molecule has 2 rings (SSSR count). The highest BCUT2D eigenvalue weighted by Gasteiger charge is 2.11. The van der Waals surface area contributed by atoms with Gasteiger partial charge in [-0.05, 0) is 25.0 Å². The van der Waals surface area contributed by atoms with Crippen molar-refractivity contribution >= 4 is 5.69 Å². The molecule has 0 spiro atoms. The number of nitrogens with two attached hydrogens (primary N) is 1. The predicted molar refractivity (Wildman–Crippen MR) is 53.6 cm³/mol.